The second-order valence-electron chi connectivity index (χ2n) is 3.66. The van der Waals surface area contributed by atoms with E-state index in [0.717, 1.165) is 0 Å². The minimum Gasteiger partial charge on any atom is -0.381 e. The van der Waals surface area contributed by atoms with Crippen LogP contribution in [0.15, 0.2) is 11.0 Å². The third kappa shape index (κ3) is 3.71. The van der Waals surface area contributed by atoms with Gasteiger partial charge in [0.25, 0.3) is 5.56 Å². The van der Waals surface area contributed by atoms with Crippen molar-refractivity contribution < 1.29 is 8.42 Å². The van der Waals surface area contributed by atoms with Gasteiger partial charge in [-0.2, -0.15) is 5.10 Å². The van der Waals surface area contributed by atoms with Gasteiger partial charge in [-0.15, -0.1) is 0 Å². The molecule has 8 heteroatoms. The van der Waals surface area contributed by atoms with Gasteiger partial charge in [-0.25, -0.2) is 13.1 Å². The molecule has 1 rings (SSSR count). The zero-order valence-electron chi connectivity index (χ0n) is 10.3. The third-order valence-electron chi connectivity index (χ3n) is 2.45. The van der Waals surface area contributed by atoms with E-state index in [1.165, 1.54) is 10.9 Å². The van der Waals surface area contributed by atoms with Crippen molar-refractivity contribution in [2.24, 2.45) is 0 Å². The number of sulfone groups is 1. The molecule has 0 unspecified atom stereocenters. The maximum atomic E-state index is 11.6. The second-order valence-corrected chi connectivity index (χ2v) is 6.51. The van der Waals surface area contributed by atoms with E-state index < -0.39 is 9.84 Å². The normalized spacial score (nSPS) is 11.5. The van der Waals surface area contributed by atoms with Crippen LogP contribution in [0, 0.1) is 0 Å². The van der Waals surface area contributed by atoms with Gasteiger partial charge in [0.1, 0.15) is 5.02 Å². The molecule has 0 atom stereocenters. The average molecular weight is 294 g/mol. The van der Waals surface area contributed by atoms with E-state index in [-0.39, 0.29) is 28.6 Å². The summed E-state index contributed by atoms with van der Waals surface area (Å²) < 4.78 is 23.8. The maximum Gasteiger partial charge on any atom is 0.287 e. The lowest BCUT2D eigenvalue weighted by atomic mass is 10.4. The highest BCUT2D eigenvalue weighted by Gasteiger charge is 2.10. The summed E-state index contributed by atoms with van der Waals surface area (Å²) in [6.45, 7) is 4.01. The van der Waals surface area contributed by atoms with Crippen LogP contribution in [0.3, 0.4) is 0 Å². The first-order chi connectivity index (χ1) is 8.41. The molecule has 6 nitrogen and oxygen atoms in total. The Kier molecular flexibility index (Phi) is 5.15. The number of halogens is 1. The fourth-order valence-electron chi connectivity index (χ4n) is 1.30. The minimum atomic E-state index is -3.03. The summed E-state index contributed by atoms with van der Waals surface area (Å²) in [7, 11) is -3.03. The Labute approximate surface area is 111 Å². The van der Waals surface area contributed by atoms with Gasteiger partial charge < -0.3 is 5.32 Å². The topological polar surface area (TPSA) is 81.1 Å². The summed E-state index contributed by atoms with van der Waals surface area (Å²) in [4.78, 5) is 11.6. The number of nitrogens with zero attached hydrogens (tertiary/aromatic N) is 2. The van der Waals surface area contributed by atoms with E-state index >= 15 is 0 Å². The highest BCUT2D eigenvalue weighted by molar-refractivity contribution is 7.91. The van der Waals surface area contributed by atoms with Crippen molar-refractivity contribution >= 4 is 27.1 Å². The van der Waals surface area contributed by atoms with E-state index in [1.54, 1.807) is 13.8 Å². The van der Waals surface area contributed by atoms with E-state index in [1.807, 2.05) is 0 Å². The standard InChI is InChI=1S/C10H16ClN3O3S/c1-3-14-10(15)9(11)8(7-13-14)12-5-6-18(16,17)4-2/h7,12H,3-6H2,1-2H3. The summed E-state index contributed by atoms with van der Waals surface area (Å²) in [6.07, 6.45) is 1.42. The van der Waals surface area contributed by atoms with Crippen LogP contribution in [-0.4, -0.2) is 36.2 Å². The SMILES string of the molecule is CCn1ncc(NCCS(=O)(=O)CC)c(Cl)c1=O. The molecule has 18 heavy (non-hydrogen) atoms. The molecule has 0 aliphatic heterocycles. The van der Waals surface area contributed by atoms with Gasteiger partial charge in [0.05, 0.1) is 17.6 Å². The summed E-state index contributed by atoms with van der Waals surface area (Å²) in [5.74, 6) is 0.0920. The predicted molar refractivity (Wildman–Crippen MR) is 72.0 cm³/mol. The number of aromatic nitrogens is 2. The zero-order valence-corrected chi connectivity index (χ0v) is 11.9. The number of nitrogens with one attached hydrogen (secondary N) is 1. The van der Waals surface area contributed by atoms with Crippen LogP contribution in [0.25, 0.3) is 0 Å². The first-order valence-electron chi connectivity index (χ1n) is 5.61. The van der Waals surface area contributed by atoms with E-state index in [9.17, 15) is 13.2 Å². The minimum absolute atomic E-state index is 0.00328. The van der Waals surface area contributed by atoms with E-state index in [4.69, 9.17) is 11.6 Å². The quantitative estimate of drug-likeness (QED) is 0.837. The van der Waals surface area contributed by atoms with Gasteiger partial charge in [0, 0.05) is 18.8 Å². The third-order valence-corrected chi connectivity index (χ3v) is 4.52. The fourth-order valence-corrected chi connectivity index (χ4v) is 2.21. The Bertz CT molecular complexity index is 568. The van der Waals surface area contributed by atoms with Crippen LogP contribution in [0.2, 0.25) is 5.02 Å². The Hall–Kier alpha value is -1.08. The number of hydrogen-bond acceptors (Lipinski definition) is 5. The molecule has 1 aromatic heterocycles. The van der Waals surface area contributed by atoms with Gasteiger partial charge >= 0.3 is 0 Å². The molecule has 1 N–H and O–H groups in total. The van der Waals surface area contributed by atoms with Crippen molar-refractivity contribution in [3.63, 3.8) is 0 Å². The van der Waals surface area contributed by atoms with Crippen LogP contribution < -0.4 is 10.9 Å². The van der Waals surface area contributed by atoms with Crippen molar-refractivity contribution in [1.82, 2.24) is 9.78 Å². The second kappa shape index (κ2) is 6.19. The van der Waals surface area contributed by atoms with Gasteiger partial charge in [-0.05, 0) is 6.92 Å². The molecule has 0 aliphatic carbocycles. The molecule has 0 amide bonds. The molecule has 0 saturated heterocycles. The molecular weight excluding hydrogens is 278 g/mol. The summed E-state index contributed by atoms with van der Waals surface area (Å²) in [6, 6.07) is 0. The zero-order chi connectivity index (χ0) is 13.8. The highest BCUT2D eigenvalue weighted by atomic mass is 35.5. The van der Waals surface area contributed by atoms with Crippen LogP contribution in [0.5, 0.6) is 0 Å². The molecule has 0 saturated carbocycles. The van der Waals surface area contributed by atoms with E-state index in [0.29, 0.717) is 12.2 Å². The van der Waals surface area contributed by atoms with Crippen LogP contribution in [0.4, 0.5) is 5.69 Å². The van der Waals surface area contributed by atoms with Gasteiger partial charge in [0.2, 0.25) is 0 Å². The molecule has 0 spiro atoms. The lowest BCUT2D eigenvalue weighted by molar-refractivity contribution is 0.597. The molecule has 1 heterocycles. The Morgan fingerprint density at radius 3 is 2.67 bits per heavy atom. The number of anilines is 1. The molecule has 0 bridgehead atoms. The summed E-state index contributed by atoms with van der Waals surface area (Å²) in [5.41, 5.74) is -0.0276. The lowest BCUT2D eigenvalue weighted by Crippen LogP contribution is -2.24. The first-order valence-corrected chi connectivity index (χ1v) is 7.81. The van der Waals surface area contributed by atoms with Crippen molar-refractivity contribution in [3.05, 3.63) is 21.6 Å². The Balaban J connectivity index is 2.76. The van der Waals surface area contributed by atoms with Crippen molar-refractivity contribution in [2.45, 2.75) is 20.4 Å². The van der Waals surface area contributed by atoms with Crippen LogP contribution in [0.1, 0.15) is 13.8 Å². The lowest BCUT2D eigenvalue weighted by Gasteiger charge is -2.09. The molecule has 1 aromatic rings. The largest absolute Gasteiger partial charge is 0.381 e. The van der Waals surface area contributed by atoms with Crippen molar-refractivity contribution in [1.29, 1.82) is 0 Å². The summed E-state index contributed by atoms with van der Waals surface area (Å²) in [5, 5.41) is 6.74. The van der Waals surface area contributed by atoms with Crippen molar-refractivity contribution in [2.75, 3.05) is 23.4 Å². The Morgan fingerprint density at radius 1 is 1.44 bits per heavy atom. The maximum absolute atomic E-state index is 11.6. The molecule has 0 fully saturated rings. The number of aryl methyl sites for hydroxylation is 1. The highest BCUT2D eigenvalue weighted by Crippen LogP contribution is 2.14. The van der Waals surface area contributed by atoms with Crippen molar-refractivity contribution in [3.8, 4) is 0 Å². The fraction of sp³-hybridized carbons (Fsp3) is 0.600. The summed E-state index contributed by atoms with van der Waals surface area (Å²) >= 11 is 5.88. The van der Waals surface area contributed by atoms with Gasteiger partial charge in [0.15, 0.2) is 9.84 Å². The number of rotatable bonds is 6. The van der Waals surface area contributed by atoms with Crippen LogP contribution in [-0.2, 0) is 16.4 Å². The first kappa shape index (κ1) is 15.0. The number of hydrogen-bond donors (Lipinski definition) is 1. The van der Waals surface area contributed by atoms with Gasteiger partial charge in [-0.1, -0.05) is 18.5 Å². The molecule has 0 aromatic carbocycles. The van der Waals surface area contributed by atoms with Crippen LogP contribution >= 0.6 is 11.6 Å². The smallest absolute Gasteiger partial charge is 0.287 e. The van der Waals surface area contributed by atoms with E-state index in [2.05, 4.69) is 10.4 Å². The molecule has 0 radical (unpaired) electrons. The monoisotopic (exact) mass is 293 g/mol. The molecular formula is C10H16ClN3O3S. The average Bonchev–Trinajstić information content (AvgIpc) is 2.35. The molecule has 0 aliphatic rings. The Morgan fingerprint density at radius 2 is 2.11 bits per heavy atom. The molecule has 102 valence electrons. The predicted octanol–water partition coefficient (Wildman–Crippen LogP) is 0.763. The van der Waals surface area contributed by atoms with Gasteiger partial charge in [-0.3, -0.25) is 4.79 Å².